The fourth-order valence-electron chi connectivity index (χ4n) is 4.85. The number of benzene rings is 2. The van der Waals surface area contributed by atoms with E-state index in [1.165, 1.54) is 5.56 Å². The summed E-state index contributed by atoms with van der Waals surface area (Å²) < 4.78 is 6.17. The molecule has 1 aliphatic heterocycles. The van der Waals surface area contributed by atoms with Crippen molar-refractivity contribution in [1.82, 2.24) is 10.2 Å². The van der Waals surface area contributed by atoms with E-state index in [1.807, 2.05) is 62.4 Å². The molecule has 5 heteroatoms. The number of fused-ring (bicyclic) bond motifs is 1. The van der Waals surface area contributed by atoms with E-state index in [2.05, 4.69) is 17.4 Å². The second-order valence-corrected chi connectivity index (χ2v) is 9.36. The Kier molecular flexibility index (Phi) is 7.48. The van der Waals surface area contributed by atoms with Gasteiger partial charge in [-0.2, -0.15) is 0 Å². The number of ether oxygens (including phenoxy) is 1. The molecule has 2 aliphatic rings. The Balaban J connectivity index is 1.42. The van der Waals surface area contributed by atoms with Crippen LogP contribution in [0.2, 0.25) is 0 Å². The molecular weight excluding hydrogens is 412 g/mol. The number of nitrogens with one attached hydrogen (secondary N) is 1. The standard InChI is InChI=1S/C28H34N2O3/c1-20-9-8-12-23(17-20)18-26-28(32)30(24-13-6-7-14-25(24)33-26)19-27(31)29-21(2)15-16-22-10-4-3-5-11-22/h3-5,8-12,17-18,21,24-25H,6-7,13-16,19H2,1-2H3,(H,29,31)/b26-18+. The second-order valence-electron chi connectivity index (χ2n) is 9.36. The summed E-state index contributed by atoms with van der Waals surface area (Å²) in [5, 5.41) is 3.09. The summed E-state index contributed by atoms with van der Waals surface area (Å²) in [4.78, 5) is 28.0. The smallest absolute Gasteiger partial charge is 0.289 e. The Hall–Kier alpha value is -3.08. The van der Waals surface area contributed by atoms with E-state index in [0.29, 0.717) is 5.76 Å². The largest absolute Gasteiger partial charge is 0.482 e. The average Bonchev–Trinajstić information content (AvgIpc) is 2.81. The van der Waals surface area contributed by atoms with Gasteiger partial charge in [0.1, 0.15) is 12.6 Å². The number of amides is 2. The molecule has 2 fully saturated rings. The van der Waals surface area contributed by atoms with Crippen LogP contribution >= 0.6 is 0 Å². The van der Waals surface area contributed by atoms with Crippen LogP contribution in [0.15, 0.2) is 60.4 Å². The number of hydrogen-bond acceptors (Lipinski definition) is 3. The lowest BCUT2D eigenvalue weighted by molar-refractivity contribution is -0.152. The minimum Gasteiger partial charge on any atom is -0.482 e. The minimum atomic E-state index is -0.188. The number of aryl methyl sites for hydroxylation is 2. The van der Waals surface area contributed by atoms with Gasteiger partial charge >= 0.3 is 0 Å². The highest BCUT2D eigenvalue weighted by Gasteiger charge is 2.42. The third kappa shape index (κ3) is 6.04. The van der Waals surface area contributed by atoms with Crippen molar-refractivity contribution in [3.63, 3.8) is 0 Å². The number of carbonyl (C=O) groups is 2. The van der Waals surface area contributed by atoms with Gasteiger partial charge < -0.3 is 15.0 Å². The van der Waals surface area contributed by atoms with Crippen molar-refractivity contribution < 1.29 is 14.3 Å². The highest BCUT2D eigenvalue weighted by molar-refractivity contribution is 5.98. The van der Waals surface area contributed by atoms with E-state index in [9.17, 15) is 9.59 Å². The normalized spacial score (nSPS) is 22.4. The highest BCUT2D eigenvalue weighted by Crippen LogP contribution is 2.33. The zero-order valence-corrected chi connectivity index (χ0v) is 19.6. The average molecular weight is 447 g/mol. The predicted molar refractivity (Wildman–Crippen MR) is 130 cm³/mol. The molecule has 3 atom stereocenters. The molecule has 3 unspecified atom stereocenters. The minimum absolute atomic E-state index is 0.0358. The molecule has 4 rings (SSSR count). The number of nitrogens with zero attached hydrogens (tertiary/aromatic N) is 1. The Bertz CT molecular complexity index is 1000. The molecule has 1 aliphatic carbocycles. The van der Waals surface area contributed by atoms with Crippen LogP contribution in [0.25, 0.3) is 6.08 Å². The van der Waals surface area contributed by atoms with Crippen LogP contribution in [0.5, 0.6) is 0 Å². The van der Waals surface area contributed by atoms with Gasteiger partial charge in [0.2, 0.25) is 5.91 Å². The highest BCUT2D eigenvalue weighted by atomic mass is 16.5. The maximum absolute atomic E-state index is 13.4. The lowest BCUT2D eigenvalue weighted by atomic mass is 9.89. The Morgan fingerprint density at radius 2 is 1.94 bits per heavy atom. The van der Waals surface area contributed by atoms with Crippen LogP contribution in [0.1, 0.15) is 55.7 Å². The SMILES string of the molecule is Cc1cccc(/C=C2/OC3CCCCC3N(CC(=O)NC(C)CCc3ccccc3)C2=O)c1. The van der Waals surface area contributed by atoms with E-state index < -0.39 is 0 Å². The summed E-state index contributed by atoms with van der Waals surface area (Å²) in [6.45, 7) is 4.12. The fraction of sp³-hybridized carbons (Fsp3) is 0.429. The molecule has 5 nitrogen and oxygen atoms in total. The molecule has 2 amide bonds. The van der Waals surface area contributed by atoms with Crippen LogP contribution < -0.4 is 5.32 Å². The molecule has 33 heavy (non-hydrogen) atoms. The summed E-state index contributed by atoms with van der Waals surface area (Å²) in [6.07, 6.45) is 7.47. The van der Waals surface area contributed by atoms with Crippen molar-refractivity contribution in [3.8, 4) is 0 Å². The zero-order chi connectivity index (χ0) is 23.2. The first-order chi connectivity index (χ1) is 16.0. The fourth-order valence-corrected chi connectivity index (χ4v) is 4.85. The van der Waals surface area contributed by atoms with Crippen molar-refractivity contribution in [2.24, 2.45) is 0 Å². The summed E-state index contributed by atoms with van der Waals surface area (Å²) in [5.74, 6) is 0.0467. The molecule has 174 valence electrons. The maximum Gasteiger partial charge on any atom is 0.289 e. The third-order valence-electron chi connectivity index (χ3n) is 6.59. The third-order valence-corrected chi connectivity index (χ3v) is 6.59. The molecule has 0 radical (unpaired) electrons. The van der Waals surface area contributed by atoms with Crippen LogP contribution in [0.4, 0.5) is 0 Å². The first-order valence-corrected chi connectivity index (χ1v) is 12.1. The van der Waals surface area contributed by atoms with Gasteiger partial charge in [0.15, 0.2) is 5.76 Å². The Morgan fingerprint density at radius 1 is 1.15 bits per heavy atom. The molecule has 1 saturated heterocycles. The first kappa shape index (κ1) is 23.1. The van der Waals surface area contributed by atoms with E-state index in [0.717, 1.165) is 49.7 Å². The number of carbonyl (C=O) groups excluding carboxylic acids is 2. The molecule has 2 aromatic rings. The number of morpholine rings is 1. The van der Waals surface area contributed by atoms with Crippen molar-refractivity contribution in [2.75, 3.05) is 6.54 Å². The molecule has 2 aromatic carbocycles. The van der Waals surface area contributed by atoms with Gasteiger partial charge in [-0.15, -0.1) is 0 Å². The van der Waals surface area contributed by atoms with Gasteiger partial charge in [0.05, 0.1) is 6.04 Å². The lowest BCUT2D eigenvalue weighted by Crippen LogP contribution is -2.57. The second kappa shape index (κ2) is 10.7. The first-order valence-electron chi connectivity index (χ1n) is 12.1. The van der Waals surface area contributed by atoms with Crippen molar-refractivity contribution in [2.45, 2.75) is 70.6 Å². The zero-order valence-electron chi connectivity index (χ0n) is 19.6. The van der Waals surface area contributed by atoms with Gasteiger partial charge in [0.25, 0.3) is 5.91 Å². The Morgan fingerprint density at radius 3 is 2.73 bits per heavy atom. The van der Waals surface area contributed by atoms with Crippen LogP contribution in [-0.4, -0.2) is 41.4 Å². The molecule has 0 aromatic heterocycles. The van der Waals surface area contributed by atoms with Gasteiger partial charge in [-0.1, -0.05) is 66.6 Å². The van der Waals surface area contributed by atoms with E-state index in [4.69, 9.17) is 4.74 Å². The summed E-state index contributed by atoms with van der Waals surface area (Å²) in [7, 11) is 0. The summed E-state index contributed by atoms with van der Waals surface area (Å²) in [6, 6.07) is 18.3. The molecule has 0 spiro atoms. The van der Waals surface area contributed by atoms with Gasteiger partial charge in [-0.3, -0.25) is 9.59 Å². The van der Waals surface area contributed by atoms with Gasteiger partial charge in [-0.05, 0) is 63.2 Å². The van der Waals surface area contributed by atoms with Gasteiger partial charge in [-0.25, -0.2) is 0 Å². The van der Waals surface area contributed by atoms with Crippen LogP contribution in [0, 0.1) is 6.92 Å². The van der Waals surface area contributed by atoms with Crippen molar-refractivity contribution in [1.29, 1.82) is 0 Å². The van der Waals surface area contributed by atoms with E-state index in [1.54, 1.807) is 4.90 Å². The molecule has 1 saturated carbocycles. The maximum atomic E-state index is 13.4. The van der Waals surface area contributed by atoms with Crippen molar-refractivity contribution >= 4 is 17.9 Å². The Labute approximate surface area is 196 Å². The van der Waals surface area contributed by atoms with Crippen LogP contribution in [-0.2, 0) is 20.7 Å². The molecule has 1 N–H and O–H groups in total. The quantitative estimate of drug-likeness (QED) is 0.630. The lowest BCUT2D eigenvalue weighted by Gasteiger charge is -2.44. The van der Waals surface area contributed by atoms with Crippen LogP contribution in [0.3, 0.4) is 0 Å². The molecular formula is C28H34N2O3. The van der Waals surface area contributed by atoms with Crippen molar-refractivity contribution in [3.05, 3.63) is 77.0 Å². The topological polar surface area (TPSA) is 58.6 Å². The molecule has 0 bridgehead atoms. The summed E-state index contributed by atoms with van der Waals surface area (Å²) in [5.41, 5.74) is 3.33. The molecule has 1 heterocycles. The van der Waals surface area contributed by atoms with Gasteiger partial charge in [0, 0.05) is 6.04 Å². The van der Waals surface area contributed by atoms with E-state index >= 15 is 0 Å². The number of rotatable bonds is 7. The predicted octanol–water partition coefficient (Wildman–Crippen LogP) is 4.64. The monoisotopic (exact) mass is 446 g/mol. The summed E-state index contributed by atoms with van der Waals surface area (Å²) >= 11 is 0. The van der Waals surface area contributed by atoms with E-state index in [-0.39, 0.29) is 36.5 Å². The number of hydrogen-bond donors (Lipinski definition) is 1.